The molecule has 0 spiro atoms. The lowest BCUT2D eigenvalue weighted by Gasteiger charge is -2.11. The highest BCUT2D eigenvalue weighted by atomic mass is 32.2. The summed E-state index contributed by atoms with van der Waals surface area (Å²) < 4.78 is 16.8. The largest absolute Gasteiger partial charge is 0.374 e. The Labute approximate surface area is 134 Å². The maximum absolute atomic E-state index is 11.6. The van der Waals surface area contributed by atoms with Crippen LogP contribution >= 0.6 is 0 Å². The van der Waals surface area contributed by atoms with Crippen molar-refractivity contribution in [1.29, 1.82) is 0 Å². The summed E-state index contributed by atoms with van der Waals surface area (Å²) >= 11 is 0. The third-order valence-electron chi connectivity index (χ3n) is 3.67. The number of hydrogen-bond acceptors (Lipinski definition) is 3. The summed E-state index contributed by atoms with van der Waals surface area (Å²) in [6.07, 6.45) is 6.91. The van der Waals surface area contributed by atoms with Gasteiger partial charge in [-0.05, 0) is 30.5 Å². The predicted octanol–water partition coefficient (Wildman–Crippen LogP) is 2.65. The van der Waals surface area contributed by atoms with Crippen LogP contribution < -0.4 is 10.6 Å². The zero-order valence-electron chi connectivity index (χ0n) is 13.0. The molecule has 5 nitrogen and oxygen atoms in total. The minimum Gasteiger partial charge on any atom is -0.374 e. The van der Waals surface area contributed by atoms with Gasteiger partial charge in [-0.2, -0.15) is 0 Å². The van der Waals surface area contributed by atoms with Gasteiger partial charge in [0.25, 0.3) is 0 Å². The van der Waals surface area contributed by atoms with Crippen molar-refractivity contribution in [3.05, 3.63) is 29.8 Å². The van der Waals surface area contributed by atoms with Gasteiger partial charge in [0.15, 0.2) is 0 Å². The minimum absolute atomic E-state index is 0.277. The predicted molar refractivity (Wildman–Crippen MR) is 89.4 cm³/mol. The summed E-state index contributed by atoms with van der Waals surface area (Å²) in [5, 5.41) is 5.42. The van der Waals surface area contributed by atoms with E-state index in [1.807, 2.05) is 24.3 Å². The molecule has 1 fully saturated rings. The second-order valence-electron chi connectivity index (χ2n) is 5.57. The molecule has 2 rings (SSSR count). The summed E-state index contributed by atoms with van der Waals surface area (Å²) in [6.45, 7) is 1.03. The molecule has 22 heavy (non-hydrogen) atoms. The van der Waals surface area contributed by atoms with Crippen LogP contribution in [0.5, 0.6) is 0 Å². The molecule has 1 aromatic carbocycles. The second kappa shape index (κ2) is 8.90. The minimum atomic E-state index is -0.892. The Balaban J connectivity index is 1.71. The van der Waals surface area contributed by atoms with Crippen LogP contribution in [0, 0.1) is 0 Å². The normalized spacial score (nSPS) is 16.4. The number of benzene rings is 1. The number of anilines is 1. The molecular formula is C16H24N2O3S. The fraction of sp³-hybridized carbons (Fsp3) is 0.562. The molecule has 0 aromatic heterocycles. The molecule has 2 amide bonds. The molecule has 1 atom stereocenters. The molecule has 0 saturated heterocycles. The lowest BCUT2D eigenvalue weighted by Crippen LogP contribution is -2.31. The first kappa shape index (κ1) is 17.0. The average molecular weight is 324 g/mol. The smallest absolute Gasteiger partial charge is 0.319 e. The zero-order valence-corrected chi connectivity index (χ0v) is 13.8. The number of carbonyl (C=O) groups excluding carboxylic acids is 1. The van der Waals surface area contributed by atoms with E-state index in [1.165, 1.54) is 25.7 Å². The van der Waals surface area contributed by atoms with Gasteiger partial charge in [-0.15, -0.1) is 0 Å². The molecule has 1 aliphatic carbocycles. The Morgan fingerprint density at radius 1 is 1.27 bits per heavy atom. The van der Waals surface area contributed by atoms with E-state index in [2.05, 4.69) is 10.6 Å². The van der Waals surface area contributed by atoms with Gasteiger partial charge >= 0.3 is 6.03 Å². The number of carbonyl (C=O) groups is 1. The third kappa shape index (κ3) is 6.15. The number of amides is 2. The van der Waals surface area contributed by atoms with Gasteiger partial charge in [0, 0.05) is 35.0 Å². The lowest BCUT2D eigenvalue weighted by atomic mass is 10.2. The Morgan fingerprint density at radius 3 is 2.59 bits per heavy atom. The van der Waals surface area contributed by atoms with Crippen LogP contribution in [0.1, 0.15) is 31.2 Å². The molecule has 0 unspecified atom stereocenters. The van der Waals surface area contributed by atoms with Crippen LogP contribution in [-0.4, -0.2) is 34.9 Å². The first-order valence-corrected chi connectivity index (χ1v) is 9.41. The summed E-state index contributed by atoms with van der Waals surface area (Å²) in [4.78, 5) is 11.6. The SMILES string of the molecule is C[S@](=O)CCNC(=O)Nc1ccc(COC2CCCC2)cc1. The maximum atomic E-state index is 11.6. The molecule has 122 valence electrons. The second-order valence-corrected chi connectivity index (χ2v) is 7.13. The van der Waals surface area contributed by atoms with Crippen molar-refractivity contribution in [2.75, 3.05) is 23.9 Å². The van der Waals surface area contributed by atoms with Crippen molar-refractivity contribution < 1.29 is 13.7 Å². The van der Waals surface area contributed by atoms with E-state index in [4.69, 9.17) is 4.74 Å². The van der Waals surface area contributed by atoms with E-state index in [1.54, 1.807) is 6.26 Å². The van der Waals surface area contributed by atoms with Gasteiger partial charge in [-0.25, -0.2) is 4.79 Å². The molecular weight excluding hydrogens is 300 g/mol. The summed E-state index contributed by atoms with van der Waals surface area (Å²) in [6, 6.07) is 7.38. The lowest BCUT2D eigenvalue weighted by molar-refractivity contribution is 0.0457. The van der Waals surface area contributed by atoms with E-state index in [-0.39, 0.29) is 6.03 Å². The highest BCUT2D eigenvalue weighted by Crippen LogP contribution is 2.22. The fourth-order valence-corrected chi connectivity index (χ4v) is 2.83. The van der Waals surface area contributed by atoms with E-state index < -0.39 is 10.8 Å². The van der Waals surface area contributed by atoms with Gasteiger partial charge in [-0.1, -0.05) is 25.0 Å². The van der Waals surface area contributed by atoms with E-state index in [9.17, 15) is 9.00 Å². The summed E-state index contributed by atoms with van der Waals surface area (Å²) in [5.41, 5.74) is 1.85. The Morgan fingerprint density at radius 2 is 1.95 bits per heavy atom. The highest BCUT2D eigenvalue weighted by Gasteiger charge is 2.15. The Hall–Kier alpha value is -1.40. The molecule has 0 radical (unpaired) electrons. The van der Waals surface area contributed by atoms with Crippen molar-refractivity contribution in [3.63, 3.8) is 0 Å². The van der Waals surface area contributed by atoms with Crippen molar-refractivity contribution in [2.45, 2.75) is 38.4 Å². The van der Waals surface area contributed by atoms with E-state index in [0.29, 0.717) is 25.0 Å². The molecule has 2 N–H and O–H groups in total. The fourth-order valence-electron chi connectivity index (χ4n) is 2.44. The van der Waals surface area contributed by atoms with Gasteiger partial charge in [0.05, 0.1) is 12.7 Å². The molecule has 1 aromatic rings. The number of ether oxygens (including phenoxy) is 1. The van der Waals surface area contributed by atoms with Crippen molar-refractivity contribution in [1.82, 2.24) is 5.32 Å². The van der Waals surface area contributed by atoms with Crippen LogP contribution in [0.25, 0.3) is 0 Å². The standard InChI is InChI=1S/C16H24N2O3S/c1-22(20)11-10-17-16(19)18-14-8-6-13(7-9-14)12-21-15-4-2-3-5-15/h6-9,15H,2-5,10-12H2,1H3,(H2,17,18,19)/t22-/m0/s1. The zero-order chi connectivity index (χ0) is 15.8. The first-order valence-electron chi connectivity index (χ1n) is 7.69. The average Bonchev–Trinajstić information content (AvgIpc) is 2.99. The van der Waals surface area contributed by atoms with E-state index >= 15 is 0 Å². The number of nitrogens with one attached hydrogen (secondary N) is 2. The van der Waals surface area contributed by atoms with Crippen molar-refractivity contribution in [3.8, 4) is 0 Å². The van der Waals surface area contributed by atoms with Gasteiger partial charge < -0.3 is 15.4 Å². The van der Waals surface area contributed by atoms with Crippen LogP contribution in [0.2, 0.25) is 0 Å². The summed E-state index contributed by atoms with van der Waals surface area (Å²) in [5.74, 6) is 0.463. The van der Waals surface area contributed by atoms with Crippen molar-refractivity contribution in [2.24, 2.45) is 0 Å². The molecule has 6 heteroatoms. The third-order valence-corrected chi connectivity index (χ3v) is 4.45. The van der Waals surface area contributed by atoms with Crippen LogP contribution in [0.15, 0.2) is 24.3 Å². The Kier molecular flexibility index (Phi) is 6.86. The van der Waals surface area contributed by atoms with Gasteiger partial charge in [-0.3, -0.25) is 4.21 Å². The topological polar surface area (TPSA) is 67.4 Å². The van der Waals surface area contributed by atoms with Crippen LogP contribution in [-0.2, 0) is 22.1 Å². The van der Waals surface area contributed by atoms with Crippen molar-refractivity contribution >= 4 is 22.5 Å². The summed E-state index contributed by atoms with van der Waals surface area (Å²) in [7, 11) is -0.892. The number of urea groups is 1. The van der Waals surface area contributed by atoms with Crippen LogP contribution in [0.4, 0.5) is 10.5 Å². The molecule has 0 heterocycles. The highest BCUT2D eigenvalue weighted by molar-refractivity contribution is 7.84. The number of hydrogen-bond donors (Lipinski definition) is 2. The molecule has 1 saturated carbocycles. The van der Waals surface area contributed by atoms with Crippen LogP contribution in [0.3, 0.4) is 0 Å². The monoisotopic (exact) mass is 324 g/mol. The Bertz CT molecular complexity index is 499. The van der Waals surface area contributed by atoms with E-state index in [0.717, 1.165) is 11.3 Å². The van der Waals surface area contributed by atoms with Gasteiger partial charge in [0.1, 0.15) is 0 Å². The molecule has 0 aliphatic heterocycles. The molecule has 0 bridgehead atoms. The first-order chi connectivity index (χ1) is 10.6. The van der Waals surface area contributed by atoms with Gasteiger partial charge in [0.2, 0.25) is 0 Å². The quantitative estimate of drug-likeness (QED) is 0.810. The maximum Gasteiger partial charge on any atom is 0.319 e. The number of rotatable bonds is 7. The molecule has 1 aliphatic rings.